The second-order valence-corrected chi connectivity index (χ2v) is 14.3. The Morgan fingerprint density at radius 1 is 1.00 bits per heavy atom. The van der Waals surface area contributed by atoms with Crippen LogP contribution in [0.1, 0.15) is 17.0 Å². The first kappa shape index (κ1) is 32.6. The van der Waals surface area contributed by atoms with Gasteiger partial charge in [-0.3, -0.25) is 14.5 Å². The number of aromatic amines is 1. The van der Waals surface area contributed by atoms with Gasteiger partial charge in [-0.15, -0.1) is 4.83 Å². The molecule has 1 amide bonds. The Balaban J connectivity index is 1.33. The van der Waals surface area contributed by atoms with Gasteiger partial charge >= 0.3 is 0 Å². The van der Waals surface area contributed by atoms with Crippen molar-refractivity contribution in [1.29, 1.82) is 0 Å². The Hall–Kier alpha value is -4.29. The molecule has 0 bridgehead atoms. The molecule has 4 heterocycles. The number of amides is 1. The Kier molecular flexibility index (Phi) is 9.34. The van der Waals surface area contributed by atoms with E-state index in [1.807, 2.05) is 45.2 Å². The highest BCUT2D eigenvalue weighted by molar-refractivity contribution is 8.01. The maximum absolute atomic E-state index is 14.1. The lowest BCUT2D eigenvalue weighted by atomic mass is 10.2. The van der Waals surface area contributed by atoms with Crippen LogP contribution in [-0.4, -0.2) is 106 Å². The van der Waals surface area contributed by atoms with Crippen molar-refractivity contribution in [3.05, 3.63) is 75.8 Å². The molecule has 0 aliphatic carbocycles. The highest BCUT2D eigenvalue weighted by Gasteiger charge is 2.46. The summed E-state index contributed by atoms with van der Waals surface area (Å²) in [7, 11) is -2.74. The number of carbonyl (C=O) groups excluding carboxylic acids is 1. The molecule has 2 saturated heterocycles. The maximum atomic E-state index is 14.1. The number of aryl methyl sites for hydroxylation is 3. The van der Waals surface area contributed by atoms with Crippen LogP contribution in [0.25, 0.3) is 5.78 Å². The fraction of sp³-hybridized carbons (Fsp3) is 0.367. The number of aliphatic imine (C=N–C) groups is 1. The standard InChI is InChI=1S/C30H35N9O6S2/c1-19-5-9-22(10-6-19)44-18-31-26-25(28(41)38-21(3)33-34-29(38)32-26)47(42,43)35-39-27(40)24(17-37-15-13-36(4)14-16-37)46-30(39)45-23-11-7-20(2)8-12-23/h5-12,18,24,30,35H,13-17H2,1-4H3,(H,32,34)/b31-18+. The molecular weight excluding hydrogens is 647 g/mol. The van der Waals surface area contributed by atoms with Crippen LogP contribution in [0.3, 0.4) is 0 Å². The number of ether oxygens (including phenoxy) is 2. The van der Waals surface area contributed by atoms with Crippen LogP contribution in [0.2, 0.25) is 0 Å². The van der Waals surface area contributed by atoms with Gasteiger partial charge in [0, 0.05) is 32.7 Å². The molecule has 15 nitrogen and oxygen atoms in total. The van der Waals surface area contributed by atoms with E-state index in [4.69, 9.17) is 9.47 Å². The number of fused-ring (bicyclic) bond motifs is 1. The predicted molar refractivity (Wildman–Crippen MR) is 176 cm³/mol. The Labute approximate surface area is 275 Å². The molecule has 4 aromatic rings. The molecule has 17 heteroatoms. The van der Waals surface area contributed by atoms with Crippen molar-refractivity contribution in [1.82, 2.24) is 39.2 Å². The number of hydrazine groups is 1. The predicted octanol–water partition coefficient (Wildman–Crippen LogP) is 1.83. The van der Waals surface area contributed by atoms with E-state index in [1.165, 1.54) is 18.7 Å². The zero-order valence-corrected chi connectivity index (χ0v) is 27.9. The number of likely N-dealkylation sites (N-methyl/N-ethyl adjacent to an activating group) is 1. The third-order valence-electron chi connectivity index (χ3n) is 7.82. The largest absolute Gasteiger partial charge is 0.460 e. The lowest BCUT2D eigenvalue weighted by Crippen LogP contribution is -2.52. The number of rotatable bonds is 10. The number of nitrogens with one attached hydrogen (secondary N) is 2. The summed E-state index contributed by atoms with van der Waals surface area (Å²) in [6.07, 6.45) is 0.997. The van der Waals surface area contributed by atoms with Gasteiger partial charge in [0.2, 0.25) is 11.3 Å². The molecule has 2 fully saturated rings. The number of hydrogen-bond acceptors (Lipinski definition) is 12. The van der Waals surface area contributed by atoms with Gasteiger partial charge in [0.1, 0.15) is 22.6 Å². The summed E-state index contributed by atoms with van der Waals surface area (Å²) in [5.41, 5.74) is 0.00815. The molecule has 2 unspecified atom stereocenters. The topological polar surface area (TPSA) is 167 Å². The monoisotopic (exact) mass is 681 g/mol. The summed E-state index contributed by atoms with van der Waals surface area (Å²) >= 11 is 1.19. The third-order valence-corrected chi connectivity index (χ3v) is 10.4. The number of aromatic nitrogens is 4. The number of piperazine rings is 1. The van der Waals surface area contributed by atoms with Gasteiger partial charge in [0.05, 0.1) is 0 Å². The van der Waals surface area contributed by atoms with Crippen molar-refractivity contribution < 1.29 is 22.7 Å². The van der Waals surface area contributed by atoms with Crippen LogP contribution in [-0.2, 0) is 14.8 Å². The fourth-order valence-electron chi connectivity index (χ4n) is 5.11. The zero-order valence-electron chi connectivity index (χ0n) is 26.3. The minimum atomic E-state index is -4.79. The Morgan fingerprint density at radius 2 is 1.64 bits per heavy atom. The molecule has 2 aromatic heterocycles. The van der Waals surface area contributed by atoms with E-state index in [0.717, 1.165) is 53.1 Å². The van der Waals surface area contributed by atoms with Crippen LogP contribution in [0.4, 0.5) is 5.82 Å². The normalized spacial score (nSPS) is 19.7. The first-order chi connectivity index (χ1) is 22.5. The zero-order chi connectivity index (χ0) is 33.3. The third kappa shape index (κ3) is 7.18. The van der Waals surface area contributed by atoms with E-state index in [1.54, 1.807) is 24.3 Å². The van der Waals surface area contributed by atoms with Crippen LogP contribution >= 0.6 is 11.8 Å². The maximum Gasteiger partial charge on any atom is 0.283 e. The molecule has 0 spiro atoms. The molecule has 0 radical (unpaired) electrons. The van der Waals surface area contributed by atoms with Gasteiger partial charge in [-0.05, 0) is 52.1 Å². The van der Waals surface area contributed by atoms with Gasteiger partial charge in [-0.2, -0.15) is 15.1 Å². The first-order valence-electron chi connectivity index (χ1n) is 14.9. The number of sulfonamides is 1. The van der Waals surface area contributed by atoms with Crippen LogP contribution in [0.5, 0.6) is 11.5 Å². The summed E-state index contributed by atoms with van der Waals surface area (Å²) in [6.45, 7) is 9.04. The van der Waals surface area contributed by atoms with Crippen molar-refractivity contribution >= 4 is 45.7 Å². The summed E-state index contributed by atoms with van der Waals surface area (Å²) in [5, 5.41) is 6.89. The highest BCUT2D eigenvalue weighted by Crippen LogP contribution is 2.34. The van der Waals surface area contributed by atoms with Crippen molar-refractivity contribution in [3.8, 4) is 11.5 Å². The van der Waals surface area contributed by atoms with E-state index in [9.17, 15) is 18.0 Å². The van der Waals surface area contributed by atoms with E-state index < -0.39 is 43.0 Å². The number of hydrogen-bond donors (Lipinski definition) is 2. The highest BCUT2D eigenvalue weighted by atomic mass is 32.2. The number of thioether (sulfide) groups is 1. The van der Waals surface area contributed by atoms with Crippen LogP contribution in [0.15, 0.2) is 63.2 Å². The molecule has 2 aromatic carbocycles. The molecule has 6 rings (SSSR count). The summed E-state index contributed by atoms with van der Waals surface area (Å²) in [6, 6.07) is 14.3. The lowest BCUT2D eigenvalue weighted by Gasteiger charge is -2.33. The fourth-order valence-corrected chi connectivity index (χ4v) is 7.62. The minimum absolute atomic E-state index is 0.0189. The van der Waals surface area contributed by atoms with Gasteiger partial charge in [0.15, 0.2) is 17.1 Å². The summed E-state index contributed by atoms with van der Waals surface area (Å²) in [5.74, 6) is 0.0921. The Morgan fingerprint density at radius 3 is 2.30 bits per heavy atom. The molecule has 0 saturated carbocycles. The average Bonchev–Trinajstić information content (AvgIpc) is 3.54. The van der Waals surface area contributed by atoms with E-state index in [-0.39, 0.29) is 11.6 Å². The van der Waals surface area contributed by atoms with E-state index in [0.29, 0.717) is 18.0 Å². The van der Waals surface area contributed by atoms with Gasteiger partial charge in [-0.1, -0.05) is 47.2 Å². The number of carbonyl (C=O) groups is 1. The number of H-pyrrole nitrogens is 1. The van der Waals surface area contributed by atoms with Crippen molar-refractivity contribution in [2.45, 2.75) is 36.5 Å². The molecule has 2 aliphatic heterocycles. The van der Waals surface area contributed by atoms with Gasteiger partial charge in [-0.25, -0.2) is 22.9 Å². The lowest BCUT2D eigenvalue weighted by molar-refractivity contribution is -0.135. The van der Waals surface area contributed by atoms with Gasteiger partial charge in [0.25, 0.3) is 21.5 Å². The summed E-state index contributed by atoms with van der Waals surface area (Å²) in [4.78, 5) is 41.9. The van der Waals surface area contributed by atoms with E-state index >= 15 is 0 Å². The number of nitrogens with zero attached hydrogens (tertiary/aromatic N) is 7. The van der Waals surface area contributed by atoms with Gasteiger partial charge < -0.3 is 14.4 Å². The van der Waals surface area contributed by atoms with Crippen LogP contribution < -0.4 is 19.9 Å². The van der Waals surface area contributed by atoms with E-state index in [2.05, 4.69) is 34.8 Å². The molecule has 248 valence electrons. The average molecular weight is 682 g/mol. The van der Waals surface area contributed by atoms with Crippen LogP contribution in [0, 0.1) is 20.8 Å². The smallest absolute Gasteiger partial charge is 0.283 e. The Bertz CT molecular complexity index is 1950. The second-order valence-electron chi connectivity index (χ2n) is 11.4. The van der Waals surface area contributed by atoms with Crippen molar-refractivity contribution in [3.63, 3.8) is 0 Å². The molecule has 47 heavy (non-hydrogen) atoms. The quantitative estimate of drug-likeness (QED) is 0.185. The SMILES string of the molecule is Cc1ccc(O/C=N/c2nc3[nH]nc(C)n3c(=O)c2S(=O)(=O)NN2C(=O)C(CN3CCN(C)CC3)SC2Oc2ccc(C)cc2)cc1. The molecule has 2 atom stereocenters. The first-order valence-corrected chi connectivity index (χ1v) is 17.3. The number of benzene rings is 2. The molecular formula is C30H35N9O6S2. The molecule has 2 aliphatic rings. The molecule has 2 N–H and O–H groups in total. The minimum Gasteiger partial charge on any atom is -0.460 e. The second kappa shape index (κ2) is 13.4. The summed E-state index contributed by atoms with van der Waals surface area (Å²) < 4.78 is 40.9. The van der Waals surface area contributed by atoms with Crippen molar-refractivity contribution in [2.24, 2.45) is 4.99 Å². The van der Waals surface area contributed by atoms with Crippen molar-refractivity contribution in [2.75, 3.05) is 39.8 Å².